The Bertz CT molecular complexity index is 1510. The molecule has 0 spiro atoms. The van der Waals surface area contributed by atoms with Crippen LogP contribution in [0.1, 0.15) is 21.5 Å². The molecule has 1 atom stereocenters. The molecular formula is C23H16Cl2F2N4O4. The molecule has 2 amide bonds. The molecule has 0 bridgehead atoms. The van der Waals surface area contributed by atoms with Gasteiger partial charge in [-0.2, -0.15) is 0 Å². The van der Waals surface area contributed by atoms with Gasteiger partial charge < -0.3 is 15.2 Å². The van der Waals surface area contributed by atoms with Crippen LogP contribution in [0.2, 0.25) is 5.02 Å². The number of aliphatic hydroxyl groups is 1. The first-order valence-electron chi connectivity index (χ1n) is 9.91. The molecular weight excluding hydrogens is 505 g/mol. The molecule has 1 aromatic heterocycles. The Morgan fingerprint density at radius 2 is 1.89 bits per heavy atom. The Morgan fingerprint density at radius 3 is 2.60 bits per heavy atom. The number of nitrogens with one attached hydrogen (secondary N) is 1. The summed E-state index contributed by atoms with van der Waals surface area (Å²) >= 11 is 5.76. The topological polar surface area (TPSA) is 110 Å². The fraction of sp³-hybridized carbons (Fsp3) is 0.0870. The van der Waals surface area contributed by atoms with Gasteiger partial charge in [-0.25, -0.2) is 18.6 Å². The summed E-state index contributed by atoms with van der Waals surface area (Å²) in [6.45, 7) is 0. The molecule has 12 heteroatoms. The van der Waals surface area contributed by atoms with Gasteiger partial charge in [0.05, 0.1) is 16.7 Å². The van der Waals surface area contributed by atoms with E-state index in [1.807, 2.05) is 0 Å². The fourth-order valence-corrected chi connectivity index (χ4v) is 4.24. The molecule has 3 N–H and O–H groups in total. The molecule has 8 nitrogen and oxygen atoms in total. The van der Waals surface area contributed by atoms with Crippen LogP contribution >= 0.6 is 24.0 Å². The molecule has 1 unspecified atom stereocenters. The molecule has 0 radical (unpaired) electrons. The smallest absolute Gasteiger partial charge is 0.413 e. The minimum Gasteiger partial charge on any atom is -0.465 e. The first kappa shape index (κ1) is 24.4. The number of amides is 2. The fourth-order valence-electron chi connectivity index (χ4n) is 4.08. The third kappa shape index (κ3) is 3.49. The lowest BCUT2D eigenvalue weighted by Crippen LogP contribution is -2.45. The summed E-state index contributed by atoms with van der Waals surface area (Å²) < 4.78 is 28.9. The van der Waals surface area contributed by atoms with Crippen LogP contribution in [-0.4, -0.2) is 39.2 Å². The average molecular weight is 521 g/mol. The van der Waals surface area contributed by atoms with Crippen LogP contribution in [0.15, 0.2) is 54.6 Å². The second-order valence-electron chi connectivity index (χ2n) is 7.69. The van der Waals surface area contributed by atoms with Crippen molar-refractivity contribution in [3.05, 3.63) is 87.9 Å². The van der Waals surface area contributed by atoms with Crippen LogP contribution in [-0.2, 0) is 5.72 Å². The molecule has 2 heterocycles. The van der Waals surface area contributed by atoms with E-state index in [0.717, 1.165) is 21.9 Å². The van der Waals surface area contributed by atoms with E-state index in [4.69, 9.17) is 11.6 Å². The van der Waals surface area contributed by atoms with Gasteiger partial charge in [-0.1, -0.05) is 35.9 Å². The SMILES string of the molecule is CN(C(=O)O)c1nc2ccc(C3(O)c4ccccc4C(=O)N3c3ccc(F)c(Cl)c3F)cc2[nH]1.Cl. The number of halogens is 4. The number of hydrogen-bond acceptors (Lipinski definition) is 4. The van der Waals surface area contributed by atoms with Crippen molar-refractivity contribution in [3.8, 4) is 0 Å². The Morgan fingerprint density at radius 1 is 1.17 bits per heavy atom. The minimum atomic E-state index is -2.19. The molecule has 0 aliphatic carbocycles. The number of nitrogens with zero attached hydrogens (tertiary/aromatic N) is 3. The van der Waals surface area contributed by atoms with Crippen molar-refractivity contribution in [2.45, 2.75) is 5.72 Å². The summed E-state index contributed by atoms with van der Waals surface area (Å²) in [5, 5.41) is 20.4. The number of H-pyrrole nitrogens is 1. The zero-order chi connectivity index (χ0) is 24.4. The zero-order valence-corrected chi connectivity index (χ0v) is 19.4. The standard InChI is InChI=1S/C23H15ClF2N4O4.ClH/c1-29(22(32)33)21-27-15-8-6-11(10-16(15)28-21)23(34)13-5-3-2-4-12(13)20(31)30(23)17-9-7-14(25)18(24)19(17)26;/h2-10,34H,1H3,(H,27,28)(H,32,33);1H. The summed E-state index contributed by atoms with van der Waals surface area (Å²) in [7, 11) is 1.31. The Labute approximate surface area is 207 Å². The molecule has 0 saturated carbocycles. The molecule has 3 aromatic carbocycles. The maximum absolute atomic E-state index is 15.0. The highest BCUT2D eigenvalue weighted by atomic mass is 35.5. The number of carboxylic acid groups (broad SMARTS) is 1. The summed E-state index contributed by atoms with van der Waals surface area (Å²) in [5.41, 5.74) is -1.37. The summed E-state index contributed by atoms with van der Waals surface area (Å²) in [6, 6.07) is 12.6. The van der Waals surface area contributed by atoms with Crippen molar-refractivity contribution in [2.24, 2.45) is 0 Å². The van der Waals surface area contributed by atoms with E-state index in [1.165, 1.54) is 37.4 Å². The van der Waals surface area contributed by atoms with Gasteiger partial charge >= 0.3 is 6.09 Å². The van der Waals surface area contributed by atoms with E-state index in [9.17, 15) is 24.2 Å². The lowest BCUT2D eigenvalue weighted by molar-refractivity contribution is 0.0699. The van der Waals surface area contributed by atoms with Crippen molar-refractivity contribution in [1.82, 2.24) is 9.97 Å². The number of fused-ring (bicyclic) bond motifs is 2. The van der Waals surface area contributed by atoms with Gasteiger partial charge in [0.1, 0.15) is 10.8 Å². The van der Waals surface area contributed by atoms with Gasteiger partial charge in [0, 0.05) is 23.7 Å². The van der Waals surface area contributed by atoms with Crippen LogP contribution in [0.5, 0.6) is 0 Å². The lowest BCUT2D eigenvalue weighted by Gasteiger charge is -2.35. The quantitative estimate of drug-likeness (QED) is 0.333. The second-order valence-corrected chi connectivity index (χ2v) is 8.06. The van der Waals surface area contributed by atoms with Gasteiger partial charge in [-0.3, -0.25) is 14.6 Å². The summed E-state index contributed by atoms with van der Waals surface area (Å²) in [4.78, 5) is 33.4. The summed E-state index contributed by atoms with van der Waals surface area (Å²) in [6.07, 6.45) is -1.23. The first-order chi connectivity index (χ1) is 16.1. The maximum atomic E-state index is 15.0. The van der Waals surface area contributed by atoms with E-state index in [-0.39, 0.29) is 35.0 Å². The van der Waals surface area contributed by atoms with Crippen LogP contribution in [0.3, 0.4) is 0 Å². The van der Waals surface area contributed by atoms with Crippen LogP contribution < -0.4 is 9.80 Å². The molecule has 5 rings (SSSR count). The Balaban J connectivity index is 0.00000289. The number of hydrogen-bond donors (Lipinski definition) is 3. The van der Waals surface area contributed by atoms with Crippen molar-refractivity contribution < 1.29 is 28.6 Å². The number of rotatable bonds is 3. The number of benzene rings is 3. The molecule has 35 heavy (non-hydrogen) atoms. The maximum Gasteiger partial charge on any atom is 0.413 e. The zero-order valence-electron chi connectivity index (χ0n) is 17.8. The van der Waals surface area contributed by atoms with Gasteiger partial charge in [0.25, 0.3) is 5.91 Å². The Kier molecular flexibility index (Phi) is 5.92. The monoisotopic (exact) mass is 520 g/mol. The van der Waals surface area contributed by atoms with Crippen LogP contribution in [0.4, 0.5) is 25.2 Å². The minimum absolute atomic E-state index is 0. The van der Waals surface area contributed by atoms with Crippen molar-refractivity contribution in [3.63, 3.8) is 0 Å². The van der Waals surface area contributed by atoms with Crippen molar-refractivity contribution in [2.75, 3.05) is 16.8 Å². The van der Waals surface area contributed by atoms with Gasteiger partial charge in [0.2, 0.25) is 5.95 Å². The molecule has 180 valence electrons. The van der Waals surface area contributed by atoms with Crippen molar-refractivity contribution >= 4 is 58.7 Å². The normalized spacial score (nSPS) is 16.8. The molecule has 0 saturated heterocycles. The third-order valence-corrected chi connectivity index (χ3v) is 6.14. The van der Waals surface area contributed by atoms with E-state index < -0.39 is 40.1 Å². The molecule has 1 aliphatic rings. The van der Waals surface area contributed by atoms with Crippen LogP contribution in [0, 0.1) is 11.6 Å². The predicted octanol–water partition coefficient (Wildman–Crippen LogP) is 4.88. The number of imidazole rings is 1. The van der Waals surface area contributed by atoms with E-state index in [1.54, 1.807) is 12.1 Å². The van der Waals surface area contributed by atoms with Crippen LogP contribution in [0.25, 0.3) is 11.0 Å². The largest absolute Gasteiger partial charge is 0.465 e. The Hall–Kier alpha value is -3.73. The van der Waals surface area contributed by atoms with E-state index in [0.29, 0.717) is 11.0 Å². The number of aromatic nitrogens is 2. The predicted molar refractivity (Wildman–Crippen MR) is 127 cm³/mol. The second kappa shape index (κ2) is 8.49. The van der Waals surface area contributed by atoms with E-state index >= 15 is 4.39 Å². The number of anilines is 2. The lowest BCUT2D eigenvalue weighted by atomic mass is 9.93. The van der Waals surface area contributed by atoms with Gasteiger partial charge in [-0.15, -0.1) is 12.4 Å². The van der Waals surface area contributed by atoms with Gasteiger partial charge in [0.15, 0.2) is 11.5 Å². The van der Waals surface area contributed by atoms with Crippen molar-refractivity contribution in [1.29, 1.82) is 0 Å². The molecule has 1 aliphatic heterocycles. The molecule has 0 fully saturated rings. The number of carbonyl (C=O) groups is 2. The highest BCUT2D eigenvalue weighted by molar-refractivity contribution is 6.31. The number of aromatic amines is 1. The first-order valence-corrected chi connectivity index (χ1v) is 10.3. The number of carbonyl (C=O) groups excluding carboxylic acids is 1. The highest BCUT2D eigenvalue weighted by Crippen LogP contribution is 2.46. The molecule has 4 aromatic rings. The highest BCUT2D eigenvalue weighted by Gasteiger charge is 2.51. The average Bonchev–Trinajstić information content (AvgIpc) is 3.35. The van der Waals surface area contributed by atoms with E-state index in [2.05, 4.69) is 9.97 Å². The van der Waals surface area contributed by atoms with Gasteiger partial charge in [-0.05, 0) is 30.3 Å². The summed E-state index contributed by atoms with van der Waals surface area (Å²) in [5.74, 6) is -2.88. The third-order valence-electron chi connectivity index (χ3n) is 5.79.